The third-order valence-corrected chi connectivity index (χ3v) is 4.37. The van der Waals surface area contributed by atoms with E-state index in [1.165, 1.54) is 38.5 Å². The van der Waals surface area contributed by atoms with E-state index in [9.17, 15) is 28.7 Å². The van der Waals surface area contributed by atoms with Crippen LogP contribution in [0.25, 0.3) is 12.2 Å². The zero-order valence-corrected chi connectivity index (χ0v) is 29.7. The number of methoxy groups -OCH3 is 3. The van der Waals surface area contributed by atoms with E-state index in [2.05, 4.69) is 9.05 Å². The molecule has 17 heteroatoms. The normalized spacial score (nSPS) is 10.6. The molecule has 0 aliphatic heterocycles. The van der Waals surface area contributed by atoms with Crippen molar-refractivity contribution in [2.45, 2.75) is 0 Å². The largest absolute Gasteiger partial charge is 1.00 e. The Balaban J connectivity index is -0.00000240. The number of rotatable bonds is 9. The van der Waals surface area contributed by atoms with Gasteiger partial charge in [0.2, 0.25) is 5.75 Å². The fourth-order valence-corrected chi connectivity index (χ4v) is 3.18. The van der Waals surface area contributed by atoms with Gasteiger partial charge in [0.25, 0.3) is 0 Å². The number of hydrogen-bond acceptors (Lipinski definition) is 11. The van der Waals surface area contributed by atoms with Crippen LogP contribution in [0.4, 0.5) is 0 Å². The molecule has 0 radical (unpaired) electrons. The SMILES string of the molecule is COc1cc(/C=C\c2ccc(OC)c(OP(=O)([O-])[O-])c2OP(=O)([O-])[O-])cc(OC)c1.[Na+].[Na+].[Na+].[Na+]. The van der Waals surface area contributed by atoms with Crippen molar-refractivity contribution < 1.29 is 170 Å². The molecule has 0 unspecified atom stereocenters. The van der Waals surface area contributed by atoms with Crippen LogP contribution in [0.3, 0.4) is 0 Å². The molecule has 0 aliphatic rings. The third-order valence-electron chi connectivity index (χ3n) is 3.56. The summed E-state index contributed by atoms with van der Waals surface area (Å²) in [6.45, 7) is 0. The van der Waals surface area contributed by atoms with E-state index in [0.29, 0.717) is 17.1 Å². The summed E-state index contributed by atoms with van der Waals surface area (Å²) >= 11 is 0. The van der Waals surface area contributed by atoms with Gasteiger partial charge < -0.3 is 52.0 Å². The molecule has 2 aromatic rings. The molecule has 34 heavy (non-hydrogen) atoms. The summed E-state index contributed by atoms with van der Waals surface area (Å²) in [4.78, 5) is 44.5. The maximum Gasteiger partial charge on any atom is 1.00 e. The molecule has 0 saturated heterocycles. The van der Waals surface area contributed by atoms with E-state index >= 15 is 0 Å². The molecule has 0 spiro atoms. The van der Waals surface area contributed by atoms with Crippen LogP contribution in [0, 0.1) is 0 Å². The summed E-state index contributed by atoms with van der Waals surface area (Å²) < 4.78 is 46.1. The van der Waals surface area contributed by atoms with Gasteiger partial charge in [0.15, 0.2) is 11.5 Å². The van der Waals surface area contributed by atoms with Crippen LogP contribution in [0.1, 0.15) is 11.1 Å². The van der Waals surface area contributed by atoms with Crippen LogP contribution in [-0.2, 0) is 9.13 Å². The minimum Gasteiger partial charge on any atom is -0.780 e. The first-order valence-electron chi connectivity index (χ1n) is 8.01. The zero-order valence-electron chi connectivity index (χ0n) is 19.9. The smallest absolute Gasteiger partial charge is 0.780 e. The summed E-state index contributed by atoms with van der Waals surface area (Å²) in [6, 6.07) is 7.33. The summed E-state index contributed by atoms with van der Waals surface area (Å²) in [5.41, 5.74) is 0.453. The van der Waals surface area contributed by atoms with Crippen LogP contribution in [-0.4, -0.2) is 21.3 Å². The Morgan fingerprint density at radius 3 is 1.56 bits per heavy atom. The second-order valence-corrected chi connectivity index (χ2v) is 7.73. The molecular formula is C17H16Na4O11P2. The van der Waals surface area contributed by atoms with Crippen molar-refractivity contribution in [2.75, 3.05) is 21.3 Å². The Morgan fingerprint density at radius 1 is 0.676 bits per heavy atom. The van der Waals surface area contributed by atoms with Crippen LogP contribution in [0.5, 0.6) is 28.7 Å². The molecule has 0 amide bonds. The van der Waals surface area contributed by atoms with Crippen molar-refractivity contribution in [2.24, 2.45) is 0 Å². The Morgan fingerprint density at radius 2 is 1.15 bits per heavy atom. The molecule has 0 bridgehead atoms. The van der Waals surface area contributed by atoms with Gasteiger partial charge in [-0.3, -0.25) is 0 Å². The van der Waals surface area contributed by atoms with Gasteiger partial charge in [-0.1, -0.05) is 12.2 Å². The first-order chi connectivity index (χ1) is 14.0. The minimum absolute atomic E-state index is 0. The molecular weight excluding hydrogens is 534 g/mol. The third kappa shape index (κ3) is 13.3. The molecule has 0 saturated carbocycles. The number of ether oxygens (including phenoxy) is 3. The van der Waals surface area contributed by atoms with Crippen molar-refractivity contribution in [3.05, 3.63) is 41.5 Å². The average molecular weight is 550 g/mol. The second-order valence-electron chi connectivity index (χ2n) is 5.57. The van der Waals surface area contributed by atoms with E-state index in [0.717, 1.165) is 7.11 Å². The van der Waals surface area contributed by atoms with Crippen LogP contribution >= 0.6 is 15.6 Å². The number of benzene rings is 2. The molecule has 0 atom stereocenters. The number of phosphoric ester groups is 2. The van der Waals surface area contributed by atoms with Gasteiger partial charge >= 0.3 is 118 Å². The summed E-state index contributed by atoms with van der Waals surface area (Å²) in [5, 5.41) is 0. The van der Waals surface area contributed by atoms with Gasteiger partial charge in [0.05, 0.1) is 21.3 Å². The van der Waals surface area contributed by atoms with Gasteiger partial charge in [0, 0.05) is 11.6 Å². The second kappa shape index (κ2) is 17.9. The Kier molecular flexibility index (Phi) is 21.0. The van der Waals surface area contributed by atoms with Gasteiger partial charge in [-0.15, -0.1) is 0 Å². The predicted octanol–water partition coefficient (Wildman–Crippen LogP) is -11.7. The molecule has 0 heterocycles. The summed E-state index contributed by atoms with van der Waals surface area (Å²) in [6.07, 6.45) is 2.77. The van der Waals surface area contributed by atoms with Crippen molar-refractivity contribution in [3.8, 4) is 28.7 Å². The predicted molar refractivity (Wildman–Crippen MR) is 97.9 cm³/mol. The quantitative estimate of drug-likeness (QED) is 0.165. The van der Waals surface area contributed by atoms with Crippen LogP contribution < -0.4 is 161 Å². The van der Waals surface area contributed by atoms with Crippen LogP contribution in [0.15, 0.2) is 30.3 Å². The van der Waals surface area contributed by atoms with E-state index in [4.69, 9.17) is 14.2 Å². The standard InChI is InChI=1S/C17H20O11P2.4Na/c1-24-13-8-11(9-14(10-13)25-2)4-5-12-6-7-15(26-3)17(28-30(21,22)23)16(12)27-29(18,19)20;;;;/h4-10H,1-3H3,(H2,18,19,20)(H2,21,22,23);;;;/q;4*+1/p-4/b5-4-;;;;. The van der Waals surface area contributed by atoms with Crippen molar-refractivity contribution >= 4 is 27.8 Å². The van der Waals surface area contributed by atoms with Gasteiger partial charge in [-0.05, 0) is 29.8 Å². The Labute approximate surface area is 285 Å². The number of phosphoric acid groups is 2. The van der Waals surface area contributed by atoms with Gasteiger partial charge in [0.1, 0.15) is 27.1 Å². The summed E-state index contributed by atoms with van der Waals surface area (Å²) in [5.74, 6) is -1.10. The van der Waals surface area contributed by atoms with Crippen molar-refractivity contribution in [1.29, 1.82) is 0 Å². The van der Waals surface area contributed by atoms with Crippen molar-refractivity contribution in [3.63, 3.8) is 0 Å². The molecule has 2 aromatic carbocycles. The van der Waals surface area contributed by atoms with Gasteiger partial charge in [-0.2, -0.15) is 0 Å². The van der Waals surface area contributed by atoms with Crippen molar-refractivity contribution in [1.82, 2.24) is 0 Å². The van der Waals surface area contributed by atoms with E-state index in [-0.39, 0.29) is 130 Å². The monoisotopic (exact) mass is 550 g/mol. The topological polar surface area (TPSA) is 173 Å². The maximum atomic E-state index is 11.2. The first kappa shape index (κ1) is 40.0. The molecule has 11 nitrogen and oxygen atoms in total. The molecule has 0 N–H and O–H groups in total. The van der Waals surface area contributed by atoms with E-state index in [1.807, 2.05) is 0 Å². The number of hydrogen-bond donors (Lipinski definition) is 0. The fraction of sp³-hybridized carbons (Fsp3) is 0.176. The summed E-state index contributed by atoms with van der Waals surface area (Å²) in [7, 11) is -7.30. The fourth-order valence-electron chi connectivity index (χ4n) is 2.37. The molecule has 0 aromatic heterocycles. The zero-order chi connectivity index (χ0) is 22.5. The maximum absolute atomic E-state index is 11.2. The molecule has 0 aliphatic carbocycles. The molecule has 2 rings (SSSR count). The average Bonchev–Trinajstić information content (AvgIpc) is 2.65. The van der Waals surface area contributed by atoms with Gasteiger partial charge in [-0.25, -0.2) is 0 Å². The molecule has 164 valence electrons. The molecule has 0 fully saturated rings. The van der Waals surface area contributed by atoms with E-state index < -0.39 is 27.1 Å². The Hall–Kier alpha value is 1.48. The minimum atomic E-state index is -5.66. The van der Waals surface area contributed by atoms with Crippen LogP contribution in [0.2, 0.25) is 0 Å². The Bertz CT molecular complexity index is 1020. The van der Waals surface area contributed by atoms with E-state index in [1.54, 1.807) is 18.2 Å². The first-order valence-corrected chi connectivity index (χ1v) is 10.9.